The number of para-hydroxylation sites is 1. The van der Waals surface area contributed by atoms with Crippen LogP contribution in [0.4, 0.5) is 10.5 Å². The number of esters is 1. The number of likely N-dealkylation sites (N-methyl/N-ethyl adjacent to an activating group) is 1. The summed E-state index contributed by atoms with van der Waals surface area (Å²) in [5.41, 5.74) is 0.278. The van der Waals surface area contributed by atoms with Crippen molar-refractivity contribution in [2.45, 2.75) is 45.8 Å². The van der Waals surface area contributed by atoms with Crippen LogP contribution in [-0.2, 0) is 14.3 Å². The highest BCUT2D eigenvalue weighted by atomic mass is 79.9. The number of carbonyl (C=O) groups excluding carboxylic acids is 3. The number of benzene rings is 1. The summed E-state index contributed by atoms with van der Waals surface area (Å²) < 4.78 is 11.0. The van der Waals surface area contributed by atoms with E-state index in [1.54, 1.807) is 0 Å². The standard InChI is InChI=1S/C13H18NO3S.C11H15NO2.BrH/c1-10(15)17-11-5-6-14(2,8-11)9-12(16)13-4-3-7-18-13;1-11(2,3)14-10(13)12-9-7-5-4-6-8-9;/h3-4,7,11H,5-6,8-9H2,1-2H3;4-8H,1-3H3,(H,12,13);1H/q+1;;/p-1/t11-,14?;;/m1../s1. The van der Waals surface area contributed by atoms with Gasteiger partial charge in [0.1, 0.15) is 18.7 Å². The number of Topliss-reactive ketones (excluding diaryl/α,β-unsaturated/α-hetero) is 1. The molecule has 1 amide bonds. The molecule has 3 rings (SSSR count). The van der Waals surface area contributed by atoms with Gasteiger partial charge in [-0.3, -0.25) is 14.9 Å². The molecule has 1 aliphatic heterocycles. The maximum atomic E-state index is 12.1. The molecule has 0 bridgehead atoms. The van der Waals surface area contributed by atoms with Crippen LogP contribution >= 0.6 is 11.3 Å². The van der Waals surface area contributed by atoms with E-state index in [-0.39, 0.29) is 34.8 Å². The van der Waals surface area contributed by atoms with Crippen LogP contribution in [0.3, 0.4) is 0 Å². The first-order chi connectivity index (χ1) is 15.0. The Bertz CT molecular complexity index is 899. The summed E-state index contributed by atoms with van der Waals surface area (Å²) in [6.07, 6.45) is 0.376. The highest BCUT2D eigenvalue weighted by Gasteiger charge is 2.38. The first-order valence-corrected chi connectivity index (χ1v) is 11.5. The number of hydrogen-bond acceptors (Lipinski definition) is 6. The van der Waals surface area contributed by atoms with Gasteiger partial charge in [0.05, 0.1) is 18.5 Å². The van der Waals surface area contributed by atoms with Crippen molar-refractivity contribution in [3.05, 3.63) is 52.7 Å². The zero-order valence-corrected chi connectivity index (χ0v) is 22.2. The molecule has 182 valence electrons. The third-order valence-electron chi connectivity index (χ3n) is 4.71. The molecule has 1 unspecified atom stereocenters. The van der Waals surface area contributed by atoms with Gasteiger partial charge in [0.2, 0.25) is 5.78 Å². The fraction of sp³-hybridized carbons (Fsp3) is 0.458. The van der Waals surface area contributed by atoms with Gasteiger partial charge in [0, 0.05) is 19.0 Å². The minimum Gasteiger partial charge on any atom is -1.00 e. The average molecular weight is 542 g/mol. The van der Waals surface area contributed by atoms with E-state index >= 15 is 0 Å². The van der Waals surface area contributed by atoms with Crippen LogP contribution in [0, 0.1) is 0 Å². The fourth-order valence-corrected chi connectivity index (χ4v) is 4.07. The summed E-state index contributed by atoms with van der Waals surface area (Å²) >= 11 is 1.48. The van der Waals surface area contributed by atoms with Crippen molar-refractivity contribution >= 4 is 34.9 Å². The van der Waals surface area contributed by atoms with Crippen LogP contribution in [0.15, 0.2) is 47.8 Å². The number of quaternary nitrogens is 1. The van der Waals surface area contributed by atoms with Crippen molar-refractivity contribution in [1.82, 2.24) is 0 Å². The third-order valence-corrected chi connectivity index (χ3v) is 5.62. The summed E-state index contributed by atoms with van der Waals surface area (Å²) in [5.74, 6) is -0.0611. The largest absolute Gasteiger partial charge is 1.00 e. The van der Waals surface area contributed by atoms with E-state index in [1.165, 1.54) is 18.3 Å². The molecule has 1 N–H and O–H groups in total. The van der Waals surface area contributed by atoms with Gasteiger partial charge in [-0.15, -0.1) is 11.3 Å². The molecule has 1 saturated heterocycles. The Hall–Kier alpha value is -2.23. The summed E-state index contributed by atoms with van der Waals surface area (Å²) in [5, 5.41) is 4.55. The Morgan fingerprint density at radius 2 is 1.79 bits per heavy atom. The number of anilines is 1. The van der Waals surface area contributed by atoms with E-state index in [4.69, 9.17) is 9.47 Å². The maximum Gasteiger partial charge on any atom is 0.412 e. The zero-order chi connectivity index (χ0) is 23.8. The molecule has 2 atom stereocenters. The van der Waals surface area contributed by atoms with Crippen molar-refractivity contribution < 1.29 is 45.3 Å². The van der Waals surface area contributed by atoms with Crippen molar-refractivity contribution in [1.29, 1.82) is 0 Å². The highest BCUT2D eigenvalue weighted by molar-refractivity contribution is 7.12. The van der Waals surface area contributed by atoms with Crippen molar-refractivity contribution in [2.75, 3.05) is 32.0 Å². The number of ether oxygens (including phenoxy) is 2. The topological polar surface area (TPSA) is 81.7 Å². The maximum absolute atomic E-state index is 12.1. The van der Waals surface area contributed by atoms with E-state index < -0.39 is 11.7 Å². The molecule has 1 aliphatic rings. The highest BCUT2D eigenvalue weighted by Crippen LogP contribution is 2.21. The molecule has 1 aromatic heterocycles. The molecule has 33 heavy (non-hydrogen) atoms. The lowest BCUT2D eigenvalue weighted by Gasteiger charge is -2.28. The van der Waals surface area contributed by atoms with Gasteiger partial charge in [-0.05, 0) is 44.4 Å². The Morgan fingerprint density at radius 3 is 2.33 bits per heavy atom. The quantitative estimate of drug-likeness (QED) is 0.355. The van der Waals surface area contributed by atoms with Gasteiger partial charge < -0.3 is 30.9 Å². The molecule has 2 heterocycles. The number of halogens is 1. The van der Waals surface area contributed by atoms with Gasteiger partial charge in [-0.1, -0.05) is 24.3 Å². The molecule has 9 heteroatoms. The first kappa shape index (κ1) is 28.8. The summed E-state index contributed by atoms with van der Waals surface area (Å²) in [7, 11) is 2.05. The van der Waals surface area contributed by atoms with Crippen LogP contribution in [0.25, 0.3) is 0 Å². The molecule has 7 nitrogen and oxygen atoms in total. The number of likely N-dealkylation sites (tertiary alicyclic amines) is 1. The van der Waals surface area contributed by atoms with Crippen LogP contribution in [0.5, 0.6) is 0 Å². The van der Waals surface area contributed by atoms with E-state index in [0.717, 1.165) is 30.1 Å². The number of nitrogens with one attached hydrogen (secondary N) is 1. The molecule has 0 spiro atoms. The van der Waals surface area contributed by atoms with Crippen LogP contribution < -0.4 is 22.3 Å². The molecule has 0 saturated carbocycles. The lowest BCUT2D eigenvalue weighted by Crippen LogP contribution is -3.00. The second-order valence-corrected chi connectivity index (χ2v) is 10.0. The molecule has 1 fully saturated rings. The van der Waals surface area contributed by atoms with Crippen molar-refractivity contribution in [3.63, 3.8) is 0 Å². The Morgan fingerprint density at radius 1 is 1.12 bits per heavy atom. The van der Waals surface area contributed by atoms with Gasteiger partial charge in [-0.2, -0.15) is 0 Å². The minimum atomic E-state index is -0.459. The number of carbonyl (C=O) groups is 3. The Labute approximate surface area is 210 Å². The normalized spacial score (nSPS) is 19.4. The number of ketones is 1. The van der Waals surface area contributed by atoms with Crippen LogP contribution in [0.2, 0.25) is 0 Å². The SMILES string of the molecule is CC(=O)O[C@@H]1CC[N+](C)(CC(=O)c2cccs2)C1.CC(C)(C)OC(=O)Nc1ccccc1.[Br-]. The second kappa shape index (κ2) is 12.9. The molecule has 2 aromatic rings. The molecule has 0 aliphatic carbocycles. The summed E-state index contributed by atoms with van der Waals surface area (Å²) in [4.78, 5) is 35.1. The summed E-state index contributed by atoms with van der Waals surface area (Å²) in [6.45, 7) is 9.02. The van der Waals surface area contributed by atoms with Gasteiger partial charge in [-0.25, -0.2) is 4.79 Å². The smallest absolute Gasteiger partial charge is 0.412 e. The van der Waals surface area contributed by atoms with E-state index in [9.17, 15) is 14.4 Å². The Balaban J connectivity index is 0.000000331. The van der Waals surface area contributed by atoms with E-state index in [1.807, 2.05) is 68.6 Å². The van der Waals surface area contributed by atoms with Gasteiger partial charge >= 0.3 is 12.1 Å². The summed E-state index contributed by atoms with van der Waals surface area (Å²) in [6, 6.07) is 13.0. The number of rotatable bonds is 5. The number of amides is 1. The van der Waals surface area contributed by atoms with Crippen LogP contribution in [-0.4, -0.2) is 60.7 Å². The number of hydrogen-bond donors (Lipinski definition) is 1. The lowest BCUT2D eigenvalue weighted by molar-refractivity contribution is -0.890. The number of thiophene rings is 1. The minimum absolute atomic E-state index is 0. The van der Waals surface area contributed by atoms with Gasteiger partial charge in [0.25, 0.3) is 0 Å². The van der Waals surface area contributed by atoms with Gasteiger partial charge in [0.15, 0.2) is 6.10 Å². The van der Waals surface area contributed by atoms with Crippen LogP contribution in [0.1, 0.15) is 43.8 Å². The lowest BCUT2D eigenvalue weighted by atomic mass is 10.2. The van der Waals surface area contributed by atoms with Crippen molar-refractivity contribution in [3.8, 4) is 0 Å². The first-order valence-electron chi connectivity index (χ1n) is 10.6. The zero-order valence-electron chi connectivity index (χ0n) is 19.8. The Kier molecular flexibility index (Phi) is 11.2. The van der Waals surface area contributed by atoms with E-state index in [0.29, 0.717) is 11.0 Å². The second-order valence-electron chi connectivity index (χ2n) is 9.10. The number of nitrogens with zero attached hydrogens (tertiary/aromatic N) is 1. The fourth-order valence-electron chi connectivity index (χ4n) is 3.41. The van der Waals surface area contributed by atoms with Crippen molar-refractivity contribution in [2.24, 2.45) is 0 Å². The molecule has 1 aromatic carbocycles. The average Bonchev–Trinajstić information content (AvgIpc) is 3.31. The molecule has 0 radical (unpaired) electrons. The third kappa shape index (κ3) is 11.0. The monoisotopic (exact) mass is 540 g/mol. The predicted octanol–water partition coefficient (Wildman–Crippen LogP) is 1.75. The molecular formula is C24H33BrN2O5S. The molecular weight excluding hydrogens is 508 g/mol. The predicted molar refractivity (Wildman–Crippen MR) is 126 cm³/mol. The van der Waals surface area contributed by atoms with E-state index in [2.05, 4.69) is 12.4 Å².